The van der Waals surface area contributed by atoms with Crippen molar-refractivity contribution in [2.24, 2.45) is 0 Å². The largest absolute Gasteiger partial charge is 0.507 e. The minimum Gasteiger partial charge on any atom is -0.507 e. The first kappa shape index (κ1) is 14.4. The van der Waals surface area contributed by atoms with Gasteiger partial charge >= 0.3 is 0 Å². The molecule has 0 heterocycles. The summed E-state index contributed by atoms with van der Waals surface area (Å²) < 4.78 is 0. The highest BCUT2D eigenvalue weighted by Crippen LogP contribution is 2.29. The molecular weight excluding hydrogens is 298 g/mol. The molecule has 0 unspecified atom stereocenters. The van der Waals surface area contributed by atoms with E-state index in [0.717, 1.165) is 10.9 Å². The van der Waals surface area contributed by atoms with Gasteiger partial charge in [-0.2, -0.15) is 0 Å². The topological polar surface area (TPSA) is 49.3 Å². The van der Waals surface area contributed by atoms with Crippen LogP contribution in [-0.4, -0.2) is 11.0 Å². The van der Waals surface area contributed by atoms with Gasteiger partial charge in [0.05, 0.1) is 6.42 Å². The molecule has 2 N–H and O–H groups in total. The summed E-state index contributed by atoms with van der Waals surface area (Å²) in [6.07, 6.45) is 0.270. The Kier molecular flexibility index (Phi) is 3.98. The molecule has 0 aliphatic heterocycles. The molecule has 3 aromatic carbocycles. The smallest absolute Gasteiger partial charge is 0.228 e. The second-order valence-corrected chi connectivity index (χ2v) is 5.47. The highest BCUT2D eigenvalue weighted by Gasteiger charge is 2.08. The Balaban J connectivity index is 1.82. The van der Waals surface area contributed by atoms with Crippen molar-refractivity contribution in [1.82, 2.24) is 0 Å². The summed E-state index contributed by atoms with van der Waals surface area (Å²) in [6.45, 7) is 0. The fraction of sp³-hybridized carbons (Fsp3) is 0.0556. The van der Waals surface area contributed by atoms with Crippen LogP contribution in [0.5, 0.6) is 5.75 Å². The standard InChI is InChI=1S/C18H14ClNO2/c19-13-9-7-12(8-10-13)11-18(22)20-16-5-1-4-15-14(16)3-2-6-17(15)21/h1-10,21H,11H2,(H,20,22). The van der Waals surface area contributed by atoms with Gasteiger partial charge in [-0.05, 0) is 29.8 Å². The number of fused-ring (bicyclic) bond motifs is 1. The van der Waals surface area contributed by atoms with Crippen LogP contribution >= 0.6 is 11.6 Å². The molecule has 3 nitrogen and oxygen atoms in total. The molecule has 0 atom stereocenters. The minimum absolute atomic E-state index is 0.113. The lowest BCUT2D eigenvalue weighted by atomic mass is 10.1. The van der Waals surface area contributed by atoms with E-state index in [1.54, 1.807) is 30.3 Å². The van der Waals surface area contributed by atoms with E-state index in [9.17, 15) is 9.90 Å². The van der Waals surface area contributed by atoms with Crippen molar-refractivity contribution < 1.29 is 9.90 Å². The van der Waals surface area contributed by atoms with Gasteiger partial charge in [0.15, 0.2) is 0 Å². The summed E-state index contributed by atoms with van der Waals surface area (Å²) in [7, 11) is 0. The van der Waals surface area contributed by atoms with Crippen molar-refractivity contribution in [1.29, 1.82) is 0 Å². The molecule has 0 fully saturated rings. The number of aromatic hydroxyl groups is 1. The van der Waals surface area contributed by atoms with Gasteiger partial charge in [-0.15, -0.1) is 0 Å². The Labute approximate surface area is 133 Å². The van der Waals surface area contributed by atoms with Gasteiger partial charge in [0, 0.05) is 21.5 Å². The molecule has 110 valence electrons. The average molecular weight is 312 g/mol. The maximum atomic E-state index is 12.2. The maximum absolute atomic E-state index is 12.2. The number of phenolic OH excluding ortho intramolecular Hbond substituents is 1. The first-order valence-corrected chi connectivity index (χ1v) is 7.26. The lowest BCUT2D eigenvalue weighted by Crippen LogP contribution is -2.14. The number of anilines is 1. The normalized spacial score (nSPS) is 10.6. The van der Waals surface area contributed by atoms with E-state index in [2.05, 4.69) is 5.32 Å². The van der Waals surface area contributed by atoms with Crippen molar-refractivity contribution in [3.63, 3.8) is 0 Å². The Morgan fingerprint density at radius 3 is 2.41 bits per heavy atom. The number of phenols is 1. The van der Waals surface area contributed by atoms with E-state index in [1.165, 1.54) is 0 Å². The van der Waals surface area contributed by atoms with Crippen LogP contribution in [0.3, 0.4) is 0 Å². The monoisotopic (exact) mass is 311 g/mol. The van der Waals surface area contributed by atoms with Crippen LogP contribution in [0.4, 0.5) is 5.69 Å². The van der Waals surface area contributed by atoms with Crippen molar-refractivity contribution >= 4 is 34.0 Å². The second kappa shape index (κ2) is 6.08. The molecule has 3 rings (SSSR count). The van der Waals surface area contributed by atoms with E-state index in [-0.39, 0.29) is 18.1 Å². The Morgan fingerprint density at radius 1 is 0.955 bits per heavy atom. The number of amides is 1. The summed E-state index contributed by atoms with van der Waals surface area (Å²) in [5, 5.41) is 14.9. The fourth-order valence-corrected chi connectivity index (χ4v) is 2.51. The molecule has 0 aliphatic rings. The minimum atomic E-state index is -0.113. The molecule has 0 saturated carbocycles. The van der Waals surface area contributed by atoms with Gasteiger partial charge in [-0.1, -0.05) is 48.0 Å². The summed E-state index contributed by atoms with van der Waals surface area (Å²) in [6, 6.07) is 17.9. The van der Waals surface area contributed by atoms with E-state index < -0.39 is 0 Å². The molecule has 0 aromatic heterocycles. The zero-order valence-corrected chi connectivity index (χ0v) is 12.5. The third-order valence-electron chi connectivity index (χ3n) is 3.45. The quantitative estimate of drug-likeness (QED) is 0.754. The van der Waals surface area contributed by atoms with Crippen molar-refractivity contribution in [2.75, 3.05) is 5.32 Å². The first-order chi connectivity index (χ1) is 10.6. The summed E-state index contributed by atoms with van der Waals surface area (Å²) in [5.41, 5.74) is 1.58. The molecule has 4 heteroatoms. The molecular formula is C18H14ClNO2. The van der Waals surface area contributed by atoms with Gasteiger partial charge in [0.25, 0.3) is 0 Å². The van der Waals surface area contributed by atoms with Gasteiger partial charge in [0.2, 0.25) is 5.91 Å². The number of hydrogen-bond acceptors (Lipinski definition) is 2. The van der Waals surface area contributed by atoms with Crippen molar-refractivity contribution in [3.05, 3.63) is 71.2 Å². The Bertz CT molecular complexity index is 828. The average Bonchev–Trinajstić information content (AvgIpc) is 2.51. The van der Waals surface area contributed by atoms with E-state index in [0.29, 0.717) is 16.1 Å². The molecule has 1 amide bonds. The van der Waals surface area contributed by atoms with Crippen LogP contribution in [0, 0.1) is 0 Å². The summed E-state index contributed by atoms with van der Waals surface area (Å²) in [5.74, 6) is 0.0875. The van der Waals surface area contributed by atoms with Crippen LogP contribution in [0.25, 0.3) is 10.8 Å². The predicted molar refractivity (Wildman–Crippen MR) is 89.4 cm³/mol. The number of nitrogens with one attached hydrogen (secondary N) is 1. The number of hydrogen-bond donors (Lipinski definition) is 2. The lowest BCUT2D eigenvalue weighted by Gasteiger charge is -2.09. The van der Waals surface area contributed by atoms with Crippen molar-refractivity contribution in [3.8, 4) is 5.75 Å². The number of halogens is 1. The second-order valence-electron chi connectivity index (χ2n) is 5.03. The van der Waals surface area contributed by atoms with E-state index in [4.69, 9.17) is 11.6 Å². The zero-order chi connectivity index (χ0) is 15.5. The third kappa shape index (κ3) is 3.05. The highest BCUT2D eigenvalue weighted by molar-refractivity contribution is 6.30. The van der Waals surface area contributed by atoms with Gasteiger partial charge in [0.1, 0.15) is 5.75 Å². The van der Waals surface area contributed by atoms with Gasteiger partial charge in [-0.25, -0.2) is 0 Å². The molecule has 0 saturated heterocycles. The molecule has 0 radical (unpaired) electrons. The molecule has 0 spiro atoms. The predicted octanol–water partition coefficient (Wildman–Crippen LogP) is 4.38. The van der Waals surface area contributed by atoms with Gasteiger partial charge in [-0.3, -0.25) is 4.79 Å². The van der Waals surface area contributed by atoms with Crippen LogP contribution in [0.1, 0.15) is 5.56 Å². The SMILES string of the molecule is O=C(Cc1ccc(Cl)cc1)Nc1cccc2c(O)cccc12. The molecule has 22 heavy (non-hydrogen) atoms. The van der Waals surface area contributed by atoms with Crippen LogP contribution in [0.15, 0.2) is 60.7 Å². The summed E-state index contributed by atoms with van der Waals surface area (Å²) in [4.78, 5) is 12.2. The molecule has 0 bridgehead atoms. The molecule has 0 aliphatic carbocycles. The Hall–Kier alpha value is -2.52. The van der Waals surface area contributed by atoms with E-state index in [1.807, 2.05) is 30.3 Å². The highest BCUT2D eigenvalue weighted by atomic mass is 35.5. The number of carbonyl (C=O) groups excluding carboxylic acids is 1. The van der Waals surface area contributed by atoms with Crippen molar-refractivity contribution in [2.45, 2.75) is 6.42 Å². The molecule has 3 aromatic rings. The summed E-state index contributed by atoms with van der Waals surface area (Å²) >= 11 is 5.83. The van der Waals surface area contributed by atoms with Crippen LogP contribution in [0.2, 0.25) is 5.02 Å². The fourth-order valence-electron chi connectivity index (χ4n) is 2.38. The van der Waals surface area contributed by atoms with Crippen LogP contribution in [-0.2, 0) is 11.2 Å². The number of rotatable bonds is 3. The number of benzene rings is 3. The first-order valence-electron chi connectivity index (χ1n) is 6.88. The zero-order valence-electron chi connectivity index (χ0n) is 11.7. The lowest BCUT2D eigenvalue weighted by molar-refractivity contribution is -0.115. The maximum Gasteiger partial charge on any atom is 0.228 e. The van der Waals surface area contributed by atoms with Gasteiger partial charge < -0.3 is 10.4 Å². The third-order valence-corrected chi connectivity index (χ3v) is 3.70. The number of carbonyl (C=O) groups is 1. The van der Waals surface area contributed by atoms with E-state index >= 15 is 0 Å². The van der Waals surface area contributed by atoms with Crippen LogP contribution < -0.4 is 5.32 Å². The Morgan fingerprint density at radius 2 is 1.64 bits per heavy atom.